The number of halogens is 1. The molecule has 0 aliphatic carbocycles. The van der Waals surface area contributed by atoms with Crippen molar-refractivity contribution in [2.75, 3.05) is 0 Å². The molecular formula is C21H19ClN4O2S. The average Bonchev–Trinajstić information content (AvgIpc) is 3.10. The Morgan fingerprint density at radius 1 is 1.34 bits per heavy atom. The number of hydrogen-bond acceptors (Lipinski definition) is 4. The number of pyridine rings is 1. The van der Waals surface area contributed by atoms with Crippen LogP contribution in [0.1, 0.15) is 34.4 Å². The first-order valence-electron chi connectivity index (χ1n) is 8.98. The fourth-order valence-electron chi connectivity index (χ4n) is 3.13. The maximum atomic E-state index is 12.5. The number of carbonyl (C=O) groups excluding carboxylic acids is 1. The van der Waals surface area contributed by atoms with E-state index in [0.717, 1.165) is 11.1 Å². The predicted octanol–water partition coefficient (Wildman–Crippen LogP) is 3.49. The number of rotatable bonds is 5. The Morgan fingerprint density at radius 2 is 2.10 bits per heavy atom. The molecule has 1 aromatic carbocycles. The topological polar surface area (TPSA) is 91.0 Å². The van der Waals surface area contributed by atoms with Crippen molar-refractivity contribution in [2.45, 2.75) is 33.2 Å². The number of hydrogen-bond donors (Lipinski definition) is 1. The molecule has 0 spiro atoms. The molecule has 0 saturated heterocycles. The van der Waals surface area contributed by atoms with Gasteiger partial charge in [0.15, 0.2) is 4.80 Å². The first kappa shape index (κ1) is 20.8. The molecule has 8 heteroatoms. The Balaban J connectivity index is 1.78. The smallest absolute Gasteiger partial charge is 0.266 e. The van der Waals surface area contributed by atoms with E-state index in [-0.39, 0.29) is 17.9 Å². The van der Waals surface area contributed by atoms with E-state index in [1.807, 2.05) is 46.5 Å². The third-order valence-electron chi connectivity index (χ3n) is 4.69. The number of nitriles is 1. The third kappa shape index (κ3) is 4.73. The molecule has 1 amide bonds. The number of aromatic amines is 1. The molecule has 3 aromatic rings. The van der Waals surface area contributed by atoms with Gasteiger partial charge >= 0.3 is 0 Å². The molecule has 0 unspecified atom stereocenters. The Hall–Kier alpha value is -2.95. The summed E-state index contributed by atoms with van der Waals surface area (Å²) in [7, 11) is 0. The van der Waals surface area contributed by atoms with Crippen molar-refractivity contribution in [3.63, 3.8) is 0 Å². The van der Waals surface area contributed by atoms with E-state index in [2.05, 4.69) is 9.98 Å². The Labute approximate surface area is 176 Å². The van der Waals surface area contributed by atoms with E-state index >= 15 is 0 Å². The van der Waals surface area contributed by atoms with Gasteiger partial charge in [-0.1, -0.05) is 29.8 Å². The number of amides is 1. The van der Waals surface area contributed by atoms with Crippen molar-refractivity contribution in [1.29, 1.82) is 5.26 Å². The monoisotopic (exact) mass is 426 g/mol. The zero-order chi connectivity index (χ0) is 21.0. The van der Waals surface area contributed by atoms with E-state index in [9.17, 15) is 9.59 Å². The molecule has 0 aliphatic heterocycles. The van der Waals surface area contributed by atoms with Crippen LogP contribution in [0.2, 0.25) is 5.02 Å². The number of aromatic nitrogens is 2. The number of nitrogens with zero attached hydrogens (tertiary/aromatic N) is 3. The molecule has 3 rings (SSSR count). The zero-order valence-electron chi connectivity index (χ0n) is 16.0. The summed E-state index contributed by atoms with van der Waals surface area (Å²) in [5.74, 6) is -0.260. The second-order valence-corrected chi connectivity index (χ2v) is 7.86. The summed E-state index contributed by atoms with van der Waals surface area (Å²) >= 11 is 7.61. The number of thiazole rings is 1. The van der Waals surface area contributed by atoms with Gasteiger partial charge in [-0.25, -0.2) is 0 Å². The highest BCUT2D eigenvalue weighted by Crippen LogP contribution is 2.16. The predicted molar refractivity (Wildman–Crippen MR) is 113 cm³/mol. The summed E-state index contributed by atoms with van der Waals surface area (Å²) in [6.07, 6.45) is 2.46. The van der Waals surface area contributed by atoms with E-state index < -0.39 is 5.56 Å². The van der Waals surface area contributed by atoms with Crippen LogP contribution in [0.4, 0.5) is 0 Å². The maximum absolute atomic E-state index is 12.5. The standard InChI is InChI=1S/C21H19ClN4O2S/c1-13-16(14(2)24-20(28)17(13)11-23)7-8-19(27)25-21-26(9-10-29-21)12-15-5-3-4-6-18(15)22/h3-6,9-10H,7-8,12H2,1-2H3,(H,24,28). The Kier molecular flexibility index (Phi) is 6.47. The summed E-state index contributed by atoms with van der Waals surface area (Å²) in [6, 6.07) is 9.48. The minimum absolute atomic E-state index is 0.0887. The molecule has 0 aliphatic rings. The van der Waals surface area contributed by atoms with Gasteiger partial charge in [-0.15, -0.1) is 11.3 Å². The first-order chi connectivity index (χ1) is 13.9. The molecule has 6 nitrogen and oxygen atoms in total. The highest BCUT2D eigenvalue weighted by Gasteiger charge is 2.13. The van der Waals surface area contributed by atoms with Crippen LogP contribution in [0.25, 0.3) is 0 Å². The second kappa shape index (κ2) is 9.03. The van der Waals surface area contributed by atoms with Crippen molar-refractivity contribution in [3.8, 4) is 6.07 Å². The molecule has 29 heavy (non-hydrogen) atoms. The van der Waals surface area contributed by atoms with Crippen molar-refractivity contribution in [3.05, 3.63) is 84.0 Å². The van der Waals surface area contributed by atoms with Gasteiger partial charge < -0.3 is 9.55 Å². The lowest BCUT2D eigenvalue weighted by molar-refractivity contribution is -0.118. The van der Waals surface area contributed by atoms with Crippen LogP contribution in [0, 0.1) is 25.2 Å². The number of nitrogens with one attached hydrogen (secondary N) is 1. The van der Waals surface area contributed by atoms with E-state index in [0.29, 0.717) is 34.0 Å². The molecule has 1 N–H and O–H groups in total. The van der Waals surface area contributed by atoms with Crippen LogP contribution < -0.4 is 10.4 Å². The fraction of sp³-hybridized carbons (Fsp3) is 0.238. The molecule has 0 atom stereocenters. The summed E-state index contributed by atoms with van der Waals surface area (Å²) < 4.78 is 1.88. The lowest BCUT2D eigenvalue weighted by atomic mass is 9.99. The van der Waals surface area contributed by atoms with Gasteiger partial charge in [0, 0.05) is 28.7 Å². The quantitative estimate of drug-likeness (QED) is 0.676. The van der Waals surface area contributed by atoms with Gasteiger partial charge in [0.25, 0.3) is 5.56 Å². The summed E-state index contributed by atoms with van der Waals surface area (Å²) in [5.41, 5.74) is 2.73. The number of benzene rings is 1. The van der Waals surface area contributed by atoms with Crippen molar-refractivity contribution >= 4 is 28.8 Å². The molecule has 0 saturated carbocycles. The summed E-state index contributed by atoms with van der Waals surface area (Å²) in [4.78, 5) is 31.8. The molecule has 0 bridgehead atoms. The third-order valence-corrected chi connectivity index (χ3v) is 5.85. The van der Waals surface area contributed by atoms with E-state index in [1.165, 1.54) is 11.3 Å². The van der Waals surface area contributed by atoms with Gasteiger partial charge in [-0.05, 0) is 43.0 Å². The number of carbonyl (C=O) groups is 1. The van der Waals surface area contributed by atoms with E-state index in [1.54, 1.807) is 13.8 Å². The minimum Gasteiger partial charge on any atom is -0.325 e. The van der Waals surface area contributed by atoms with Gasteiger partial charge in [0.1, 0.15) is 11.6 Å². The summed E-state index contributed by atoms with van der Waals surface area (Å²) in [6.45, 7) is 4.02. The maximum Gasteiger partial charge on any atom is 0.266 e. The van der Waals surface area contributed by atoms with Crippen LogP contribution in [0.15, 0.2) is 45.6 Å². The van der Waals surface area contributed by atoms with Gasteiger partial charge in [0.2, 0.25) is 5.91 Å². The Bertz CT molecular complexity index is 1230. The molecule has 2 heterocycles. The van der Waals surface area contributed by atoms with Crippen molar-refractivity contribution in [2.24, 2.45) is 4.99 Å². The molecular weight excluding hydrogens is 408 g/mol. The largest absolute Gasteiger partial charge is 0.325 e. The SMILES string of the molecule is Cc1[nH]c(=O)c(C#N)c(C)c1CCC(=O)N=c1sccn1Cc1ccccc1Cl. The summed E-state index contributed by atoms with van der Waals surface area (Å²) in [5, 5.41) is 11.7. The molecule has 2 aromatic heterocycles. The number of H-pyrrole nitrogens is 1. The van der Waals surface area contributed by atoms with Crippen LogP contribution in [0.5, 0.6) is 0 Å². The normalized spacial score (nSPS) is 11.4. The molecule has 0 fully saturated rings. The molecule has 0 radical (unpaired) electrons. The zero-order valence-corrected chi connectivity index (χ0v) is 17.6. The van der Waals surface area contributed by atoms with Crippen LogP contribution >= 0.6 is 22.9 Å². The van der Waals surface area contributed by atoms with Crippen LogP contribution in [0.3, 0.4) is 0 Å². The lowest BCUT2D eigenvalue weighted by Gasteiger charge is -2.09. The van der Waals surface area contributed by atoms with Gasteiger partial charge in [-0.3, -0.25) is 9.59 Å². The molecule has 148 valence electrons. The van der Waals surface area contributed by atoms with Gasteiger partial charge in [0.05, 0.1) is 6.54 Å². The second-order valence-electron chi connectivity index (χ2n) is 6.58. The highest BCUT2D eigenvalue weighted by atomic mass is 35.5. The van der Waals surface area contributed by atoms with Crippen molar-refractivity contribution in [1.82, 2.24) is 9.55 Å². The Morgan fingerprint density at radius 3 is 2.83 bits per heavy atom. The highest BCUT2D eigenvalue weighted by molar-refractivity contribution is 7.07. The average molecular weight is 427 g/mol. The number of aryl methyl sites for hydroxylation is 1. The fourth-order valence-corrected chi connectivity index (χ4v) is 4.07. The van der Waals surface area contributed by atoms with E-state index in [4.69, 9.17) is 16.9 Å². The lowest BCUT2D eigenvalue weighted by Crippen LogP contribution is -2.18. The van der Waals surface area contributed by atoms with Crippen LogP contribution in [-0.4, -0.2) is 15.5 Å². The van der Waals surface area contributed by atoms with Crippen LogP contribution in [-0.2, 0) is 17.8 Å². The first-order valence-corrected chi connectivity index (χ1v) is 10.2. The van der Waals surface area contributed by atoms with Gasteiger partial charge in [-0.2, -0.15) is 10.3 Å². The minimum atomic E-state index is -0.401. The van der Waals surface area contributed by atoms with Crippen molar-refractivity contribution < 1.29 is 4.79 Å².